The predicted molar refractivity (Wildman–Crippen MR) is 269 cm³/mol. The van der Waals surface area contributed by atoms with Crippen molar-refractivity contribution in [2.45, 2.75) is 50.9 Å². The number of hydrogen-bond donors (Lipinski definition) is 0. The second-order valence-electron chi connectivity index (χ2n) is 18.8. The van der Waals surface area contributed by atoms with E-state index in [1.165, 1.54) is 89.3 Å². The number of hydrogen-bond acceptors (Lipinski definition) is 1. The average molecular weight is 825 g/mol. The van der Waals surface area contributed by atoms with Gasteiger partial charge in [0, 0.05) is 51.3 Å². The predicted octanol–water partition coefficient (Wildman–Crippen LogP) is 16.1. The summed E-state index contributed by atoms with van der Waals surface area (Å²) in [5.74, 6) is 1.17. The van der Waals surface area contributed by atoms with E-state index in [0.717, 1.165) is 18.5 Å². The molecule has 0 radical (unpaired) electrons. The van der Waals surface area contributed by atoms with Crippen molar-refractivity contribution in [3.8, 4) is 27.9 Å². The highest BCUT2D eigenvalue weighted by atomic mass is 15.1. The molecule has 310 valence electrons. The Morgan fingerprint density at radius 2 is 1.38 bits per heavy atom. The minimum atomic E-state index is -0.101. The monoisotopic (exact) mass is 824 g/mol. The summed E-state index contributed by atoms with van der Waals surface area (Å²) in [5.41, 5.74) is 20.7. The first-order valence-corrected chi connectivity index (χ1v) is 23.2. The number of anilines is 2. The Bertz CT molecular complexity index is 3230. The van der Waals surface area contributed by atoms with E-state index >= 15 is 0 Å². The first-order valence-electron chi connectivity index (χ1n) is 23.2. The SMILES string of the molecule is CC1c2c(n(-c3ccccc3)c3ccccc23)C=CC1c1cccc(-c2cccc(N(C3=CC4C=CC(C5=CC=CCC5)=CC4C=C3)c3ccc4c(c3)C(C)(C)c3ccccc3-4)c2)c1. The van der Waals surface area contributed by atoms with Gasteiger partial charge in [-0.15, -0.1) is 0 Å². The number of aromatic nitrogens is 1. The molecule has 1 aromatic heterocycles. The maximum Gasteiger partial charge on any atom is 0.0537 e. The van der Waals surface area contributed by atoms with Crippen LogP contribution in [0.25, 0.3) is 44.9 Å². The molecule has 0 saturated carbocycles. The number of allylic oxidation sites excluding steroid dienone is 12. The number of benzene rings is 6. The smallest absolute Gasteiger partial charge is 0.0537 e. The fourth-order valence-corrected chi connectivity index (χ4v) is 11.5. The normalized spacial score (nSPS) is 21.1. The summed E-state index contributed by atoms with van der Waals surface area (Å²) < 4.78 is 2.44. The van der Waals surface area contributed by atoms with Gasteiger partial charge in [0.05, 0.1) is 11.2 Å². The van der Waals surface area contributed by atoms with Gasteiger partial charge < -0.3 is 9.47 Å². The molecule has 1 heterocycles. The number of nitrogens with zero attached hydrogens (tertiary/aromatic N) is 2. The van der Waals surface area contributed by atoms with Crippen molar-refractivity contribution in [2.75, 3.05) is 4.90 Å². The zero-order valence-electron chi connectivity index (χ0n) is 36.8. The van der Waals surface area contributed by atoms with Crippen molar-refractivity contribution in [3.05, 3.63) is 251 Å². The summed E-state index contributed by atoms with van der Waals surface area (Å²) in [6.45, 7) is 7.17. The maximum atomic E-state index is 2.50. The largest absolute Gasteiger partial charge is 0.311 e. The fourth-order valence-electron chi connectivity index (χ4n) is 11.5. The van der Waals surface area contributed by atoms with Gasteiger partial charge in [-0.05, 0) is 129 Å². The highest BCUT2D eigenvalue weighted by Gasteiger charge is 2.36. The highest BCUT2D eigenvalue weighted by molar-refractivity contribution is 5.92. The molecule has 6 aromatic carbocycles. The van der Waals surface area contributed by atoms with Gasteiger partial charge in [-0.2, -0.15) is 0 Å². The zero-order chi connectivity index (χ0) is 42.9. The van der Waals surface area contributed by atoms with Crippen LogP contribution in [-0.2, 0) is 5.41 Å². The van der Waals surface area contributed by atoms with Gasteiger partial charge in [0.1, 0.15) is 0 Å². The van der Waals surface area contributed by atoms with Gasteiger partial charge in [-0.3, -0.25) is 0 Å². The van der Waals surface area contributed by atoms with E-state index in [9.17, 15) is 0 Å². The molecule has 4 atom stereocenters. The highest BCUT2D eigenvalue weighted by Crippen LogP contribution is 2.51. The Morgan fingerprint density at radius 3 is 2.25 bits per heavy atom. The van der Waals surface area contributed by atoms with Crippen LogP contribution in [0.4, 0.5) is 11.4 Å². The van der Waals surface area contributed by atoms with Crippen LogP contribution in [0.1, 0.15) is 73.4 Å². The Labute approximate surface area is 377 Å². The molecule has 5 aliphatic carbocycles. The molecule has 5 aliphatic rings. The topological polar surface area (TPSA) is 8.17 Å². The third-order valence-electron chi connectivity index (χ3n) is 14.8. The van der Waals surface area contributed by atoms with E-state index in [0.29, 0.717) is 11.8 Å². The van der Waals surface area contributed by atoms with Gasteiger partial charge in [0.15, 0.2) is 0 Å². The van der Waals surface area contributed by atoms with Crippen LogP contribution in [0.15, 0.2) is 223 Å². The Hall–Kier alpha value is -7.16. The molecular formula is C62H52N2. The van der Waals surface area contributed by atoms with Gasteiger partial charge in [-0.1, -0.05) is 179 Å². The van der Waals surface area contributed by atoms with Gasteiger partial charge in [0.2, 0.25) is 0 Å². The summed E-state index contributed by atoms with van der Waals surface area (Å²) in [5, 5.41) is 1.34. The number of rotatable bonds is 7. The van der Waals surface area contributed by atoms with Crippen LogP contribution in [0, 0.1) is 11.8 Å². The lowest BCUT2D eigenvalue weighted by Gasteiger charge is -2.33. The molecule has 0 saturated heterocycles. The molecule has 64 heavy (non-hydrogen) atoms. The zero-order valence-corrected chi connectivity index (χ0v) is 36.8. The number of para-hydroxylation sites is 2. The van der Waals surface area contributed by atoms with Crippen LogP contribution in [0.3, 0.4) is 0 Å². The van der Waals surface area contributed by atoms with E-state index < -0.39 is 0 Å². The Balaban J connectivity index is 0.919. The van der Waals surface area contributed by atoms with Crippen molar-refractivity contribution in [3.63, 3.8) is 0 Å². The van der Waals surface area contributed by atoms with Crippen LogP contribution < -0.4 is 4.90 Å². The maximum absolute atomic E-state index is 2.50. The average Bonchev–Trinajstić information content (AvgIpc) is 3.81. The molecule has 0 amide bonds. The van der Waals surface area contributed by atoms with Crippen LogP contribution in [0.2, 0.25) is 0 Å². The summed E-state index contributed by atoms with van der Waals surface area (Å²) in [6.07, 6.45) is 28.3. The van der Waals surface area contributed by atoms with E-state index in [1.54, 1.807) is 0 Å². The van der Waals surface area contributed by atoms with Crippen molar-refractivity contribution in [1.82, 2.24) is 4.57 Å². The van der Waals surface area contributed by atoms with Gasteiger partial charge in [-0.25, -0.2) is 0 Å². The van der Waals surface area contributed by atoms with E-state index in [2.05, 4.69) is 243 Å². The standard InChI is InChI=1S/C62H52N2/c1-41-53(34-35-60-61(41)56-25-11-13-27-59(56)64(60)49-21-8-5-9-22-49)48-20-14-18-43(37-48)44-19-15-23-50(38-44)63(52-32-33-55-54-24-10-12-26-57(54)62(2,3)58(55)40-52)51-31-30-46-36-45(28-29-47(46)39-51)42-16-6-4-7-17-42/h4-6,8-16,18-41,46-47,53H,7,17H2,1-3H3. The van der Waals surface area contributed by atoms with Crippen molar-refractivity contribution >= 4 is 28.4 Å². The molecule has 2 heteroatoms. The molecule has 0 spiro atoms. The lowest BCUT2D eigenvalue weighted by atomic mass is 9.77. The Kier molecular flexibility index (Phi) is 9.19. The van der Waals surface area contributed by atoms with E-state index in [1.807, 2.05) is 0 Å². The summed E-state index contributed by atoms with van der Waals surface area (Å²) in [6, 6.07) is 54.3. The second kappa shape index (κ2) is 15.3. The molecule has 0 aliphatic heterocycles. The van der Waals surface area contributed by atoms with Crippen LogP contribution in [0.5, 0.6) is 0 Å². The fraction of sp³-hybridized carbons (Fsp3) is 0.161. The first-order chi connectivity index (χ1) is 31.4. The first kappa shape index (κ1) is 38.5. The molecule has 7 aromatic rings. The molecule has 2 nitrogen and oxygen atoms in total. The van der Waals surface area contributed by atoms with Crippen LogP contribution in [-0.4, -0.2) is 4.57 Å². The molecule has 4 unspecified atom stereocenters. The number of fused-ring (bicyclic) bond motifs is 7. The minimum absolute atomic E-state index is 0.101. The van der Waals surface area contributed by atoms with Crippen LogP contribution >= 0.6 is 0 Å². The van der Waals surface area contributed by atoms with E-state index in [4.69, 9.17) is 0 Å². The van der Waals surface area contributed by atoms with Gasteiger partial charge in [0.25, 0.3) is 0 Å². The van der Waals surface area contributed by atoms with Crippen molar-refractivity contribution in [2.24, 2.45) is 11.8 Å². The van der Waals surface area contributed by atoms with Crippen molar-refractivity contribution < 1.29 is 0 Å². The summed E-state index contributed by atoms with van der Waals surface area (Å²) in [4.78, 5) is 2.50. The molecule has 0 fully saturated rings. The molecule has 0 bridgehead atoms. The third kappa shape index (κ3) is 6.30. The van der Waals surface area contributed by atoms with E-state index in [-0.39, 0.29) is 17.3 Å². The second-order valence-corrected chi connectivity index (χ2v) is 18.8. The summed E-state index contributed by atoms with van der Waals surface area (Å²) in [7, 11) is 0. The lowest BCUT2D eigenvalue weighted by molar-refractivity contribution is 0.646. The third-order valence-corrected chi connectivity index (χ3v) is 14.8. The van der Waals surface area contributed by atoms with Gasteiger partial charge >= 0.3 is 0 Å². The Morgan fingerprint density at radius 1 is 0.625 bits per heavy atom. The lowest BCUT2D eigenvalue weighted by Crippen LogP contribution is -2.22. The molecule has 12 rings (SSSR count). The minimum Gasteiger partial charge on any atom is -0.311 e. The van der Waals surface area contributed by atoms with Crippen molar-refractivity contribution in [1.29, 1.82) is 0 Å². The molecular weight excluding hydrogens is 773 g/mol. The molecule has 0 N–H and O–H groups in total. The summed E-state index contributed by atoms with van der Waals surface area (Å²) >= 11 is 0. The quantitative estimate of drug-likeness (QED) is 0.155.